The highest BCUT2D eigenvalue weighted by molar-refractivity contribution is 5.70. The number of hydrogen-bond acceptors (Lipinski definition) is 2. The molecule has 0 aromatic heterocycles. The molecular weight excluding hydrogens is 306 g/mol. The molecule has 0 aliphatic rings. The van der Waals surface area contributed by atoms with Crippen LogP contribution in [0.3, 0.4) is 0 Å². The van der Waals surface area contributed by atoms with E-state index in [0.717, 1.165) is 23.6 Å². The van der Waals surface area contributed by atoms with Crippen LogP contribution < -0.4 is 5.32 Å². The Hall–Kier alpha value is -2.29. The van der Waals surface area contributed by atoms with Crippen LogP contribution in [0.1, 0.15) is 44.4 Å². The fourth-order valence-corrected chi connectivity index (χ4v) is 2.53. The van der Waals surface area contributed by atoms with E-state index < -0.39 is 0 Å². The van der Waals surface area contributed by atoms with Crippen molar-refractivity contribution in [3.63, 3.8) is 0 Å². The van der Waals surface area contributed by atoms with Gasteiger partial charge in [-0.05, 0) is 67.1 Å². The van der Waals surface area contributed by atoms with Gasteiger partial charge < -0.3 is 10.2 Å². The lowest BCUT2D eigenvalue weighted by Crippen LogP contribution is -2.14. The van der Waals surface area contributed by atoms with Gasteiger partial charge in [0.05, 0.1) is 12.0 Å². The molecule has 0 saturated carbocycles. The van der Waals surface area contributed by atoms with E-state index in [4.69, 9.17) is 0 Å². The Kier molecular flexibility index (Phi) is 5.89. The van der Waals surface area contributed by atoms with Crippen molar-refractivity contribution in [2.75, 3.05) is 18.9 Å². The average molecular weight is 338 g/mol. The lowest BCUT2D eigenvalue weighted by molar-refractivity contribution is 0.552. The van der Waals surface area contributed by atoms with Gasteiger partial charge in [0.25, 0.3) is 0 Å². The van der Waals surface area contributed by atoms with Crippen LogP contribution in [0.2, 0.25) is 0 Å². The number of aliphatic imine (C=N–C) groups is 1. The first kappa shape index (κ1) is 19.0. The normalized spacial score (nSPS) is 11.8. The fraction of sp³-hybridized carbons (Fsp3) is 0.409. The maximum atomic E-state index is 4.60. The number of rotatable bonds is 5. The predicted octanol–water partition coefficient (Wildman–Crippen LogP) is 5.96. The van der Waals surface area contributed by atoms with E-state index in [9.17, 15) is 0 Å². The molecule has 0 aliphatic carbocycles. The van der Waals surface area contributed by atoms with Crippen LogP contribution in [0.15, 0.2) is 41.4 Å². The third-order valence-electron chi connectivity index (χ3n) is 4.47. The van der Waals surface area contributed by atoms with Crippen LogP contribution in [0.5, 0.6) is 0 Å². The van der Waals surface area contributed by atoms with Crippen LogP contribution in [0, 0.1) is 13.8 Å². The Labute approximate surface area is 152 Å². The van der Waals surface area contributed by atoms with E-state index in [1.807, 2.05) is 13.4 Å². The number of hydrogen-bond donors (Lipinski definition) is 1. The SMILES string of the molecule is CCN(C)C=Nc1cc(C)c(Nc2ccc(C(C)(C)C)cc2)cc1C. The summed E-state index contributed by atoms with van der Waals surface area (Å²) in [6.07, 6.45) is 1.89. The number of benzene rings is 2. The number of nitrogens with zero attached hydrogens (tertiary/aromatic N) is 2. The highest BCUT2D eigenvalue weighted by Gasteiger charge is 2.13. The monoisotopic (exact) mass is 337 g/mol. The molecule has 2 aromatic carbocycles. The van der Waals surface area contributed by atoms with Crippen molar-refractivity contribution >= 4 is 23.4 Å². The van der Waals surface area contributed by atoms with Crippen molar-refractivity contribution in [3.8, 4) is 0 Å². The Balaban J connectivity index is 2.20. The zero-order valence-corrected chi connectivity index (χ0v) is 16.6. The van der Waals surface area contributed by atoms with Crippen molar-refractivity contribution in [2.45, 2.75) is 47.0 Å². The van der Waals surface area contributed by atoms with Gasteiger partial charge in [0, 0.05) is 25.0 Å². The minimum absolute atomic E-state index is 0.177. The van der Waals surface area contributed by atoms with Gasteiger partial charge >= 0.3 is 0 Å². The van der Waals surface area contributed by atoms with Crippen molar-refractivity contribution in [2.24, 2.45) is 4.99 Å². The summed E-state index contributed by atoms with van der Waals surface area (Å²) in [4.78, 5) is 6.66. The molecule has 0 amide bonds. The van der Waals surface area contributed by atoms with Gasteiger partial charge in [-0.2, -0.15) is 0 Å². The van der Waals surface area contributed by atoms with Gasteiger partial charge in [-0.25, -0.2) is 4.99 Å². The lowest BCUT2D eigenvalue weighted by Gasteiger charge is -2.19. The van der Waals surface area contributed by atoms with Crippen LogP contribution in [0.4, 0.5) is 17.1 Å². The zero-order valence-electron chi connectivity index (χ0n) is 16.6. The maximum Gasteiger partial charge on any atom is 0.0909 e. The Morgan fingerprint density at radius 1 is 1.04 bits per heavy atom. The van der Waals surface area contributed by atoms with Crippen molar-refractivity contribution in [1.82, 2.24) is 4.90 Å². The largest absolute Gasteiger partial charge is 0.366 e. The van der Waals surface area contributed by atoms with Crippen LogP contribution >= 0.6 is 0 Å². The molecule has 0 heterocycles. The molecular formula is C22H31N3. The summed E-state index contributed by atoms with van der Waals surface area (Å²) in [6, 6.07) is 13.0. The molecule has 0 bridgehead atoms. The van der Waals surface area contributed by atoms with Crippen molar-refractivity contribution in [3.05, 3.63) is 53.1 Å². The van der Waals surface area contributed by atoms with Gasteiger partial charge in [-0.3, -0.25) is 0 Å². The minimum atomic E-state index is 0.177. The molecule has 0 fully saturated rings. The van der Waals surface area contributed by atoms with Crippen LogP contribution in [-0.4, -0.2) is 24.8 Å². The maximum absolute atomic E-state index is 4.60. The fourth-order valence-electron chi connectivity index (χ4n) is 2.53. The van der Waals surface area contributed by atoms with E-state index >= 15 is 0 Å². The standard InChI is InChI=1S/C22H31N3/c1-8-25(7)15-23-20-13-17(3)21(14-16(20)2)24-19-11-9-18(10-12-19)22(4,5)6/h9-15,24H,8H2,1-7H3. The van der Waals surface area contributed by atoms with E-state index in [1.165, 1.54) is 16.7 Å². The summed E-state index contributed by atoms with van der Waals surface area (Å²) in [5.74, 6) is 0. The summed E-state index contributed by atoms with van der Waals surface area (Å²) < 4.78 is 0. The van der Waals surface area contributed by atoms with E-state index in [2.05, 4.69) is 93.1 Å². The molecule has 3 nitrogen and oxygen atoms in total. The summed E-state index contributed by atoms with van der Waals surface area (Å²) in [6.45, 7) is 14.0. The highest BCUT2D eigenvalue weighted by Crippen LogP contribution is 2.30. The molecule has 0 spiro atoms. The molecule has 2 aromatic rings. The molecule has 0 atom stereocenters. The molecule has 2 rings (SSSR count). The summed E-state index contributed by atoms with van der Waals surface area (Å²) in [7, 11) is 2.03. The second-order valence-electron chi connectivity index (χ2n) is 7.72. The van der Waals surface area contributed by atoms with Crippen molar-refractivity contribution in [1.29, 1.82) is 0 Å². The smallest absolute Gasteiger partial charge is 0.0909 e. The second kappa shape index (κ2) is 7.73. The third kappa shape index (κ3) is 5.09. The summed E-state index contributed by atoms with van der Waals surface area (Å²) in [5, 5.41) is 3.53. The third-order valence-corrected chi connectivity index (χ3v) is 4.47. The predicted molar refractivity (Wildman–Crippen MR) is 111 cm³/mol. The first-order chi connectivity index (χ1) is 11.7. The molecule has 0 radical (unpaired) electrons. The highest BCUT2D eigenvalue weighted by atomic mass is 15.1. The van der Waals surface area contributed by atoms with Gasteiger partial charge in [0.2, 0.25) is 0 Å². The van der Waals surface area contributed by atoms with Crippen LogP contribution in [0.25, 0.3) is 0 Å². The molecule has 0 aliphatic heterocycles. The summed E-state index contributed by atoms with van der Waals surface area (Å²) >= 11 is 0. The first-order valence-corrected chi connectivity index (χ1v) is 8.94. The molecule has 0 unspecified atom stereocenters. The van der Waals surface area contributed by atoms with Crippen molar-refractivity contribution < 1.29 is 0 Å². The second-order valence-corrected chi connectivity index (χ2v) is 7.72. The lowest BCUT2D eigenvalue weighted by atomic mass is 9.87. The van der Waals surface area contributed by atoms with E-state index in [0.29, 0.717) is 0 Å². The number of nitrogens with one attached hydrogen (secondary N) is 1. The molecule has 134 valence electrons. The van der Waals surface area contributed by atoms with Crippen LogP contribution in [-0.2, 0) is 5.41 Å². The zero-order chi connectivity index (χ0) is 18.6. The average Bonchev–Trinajstić information content (AvgIpc) is 2.56. The van der Waals surface area contributed by atoms with E-state index in [1.54, 1.807) is 0 Å². The summed E-state index contributed by atoms with van der Waals surface area (Å²) in [5.41, 5.74) is 7.14. The molecule has 25 heavy (non-hydrogen) atoms. The molecule has 0 saturated heterocycles. The topological polar surface area (TPSA) is 27.6 Å². The first-order valence-electron chi connectivity index (χ1n) is 8.94. The van der Waals surface area contributed by atoms with Gasteiger partial charge in [-0.1, -0.05) is 32.9 Å². The van der Waals surface area contributed by atoms with Gasteiger partial charge in [0.1, 0.15) is 0 Å². The number of anilines is 2. The minimum Gasteiger partial charge on any atom is -0.366 e. The Bertz CT molecular complexity index is 737. The molecule has 1 N–H and O–H groups in total. The quantitative estimate of drug-likeness (QED) is 0.539. The molecule has 3 heteroatoms. The van der Waals surface area contributed by atoms with Gasteiger partial charge in [-0.15, -0.1) is 0 Å². The Morgan fingerprint density at radius 3 is 2.24 bits per heavy atom. The van der Waals surface area contributed by atoms with E-state index in [-0.39, 0.29) is 5.41 Å². The van der Waals surface area contributed by atoms with Gasteiger partial charge in [0.15, 0.2) is 0 Å². The Morgan fingerprint density at radius 2 is 1.68 bits per heavy atom. The number of aryl methyl sites for hydroxylation is 2.